The molecule has 0 amide bonds. The average molecular weight is 306 g/mol. The van der Waals surface area contributed by atoms with Crippen LogP contribution in [0.4, 0.5) is 0 Å². The summed E-state index contributed by atoms with van der Waals surface area (Å²) in [5.74, 6) is 2.41. The number of aromatic amines is 1. The zero-order chi connectivity index (χ0) is 14.7. The van der Waals surface area contributed by atoms with Crippen LogP contribution in [0.2, 0.25) is 0 Å². The molecule has 2 aromatic heterocycles. The SMILES string of the molecule is Cc1ccc(/C=C/c2nc(=S)n(CN3CCOCC3)[nH]2)o1. The largest absolute Gasteiger partial charge is 0.462 e. The molecular weight excluding hydrogens is 288 g/mol. The van der Waals surface area contributed by atoms with Gasteiger partial charge in [0.05, 0.1) is 19.9 Å². The van der Waals surface area contributed by atoms with Gasteiger partial charge >= 0.3 is 0 Å². The molecule has 1 N–H and O–H groups in total. The summed E-state index contributed by atoms with van der Waals surface area (Å²) >= 11 is 5.28. The molecule has 0 radical (unpaired) electrons. The minimum absolute atomic E-state index is 0.553. The Balaban J connectivity index is 1.68. The number of furan rings is 1. The first-order chi connectivity index (χ1) is 10.2. The van der Waals surface area contributed by atoms with E-state index < -0.39 is 0 Å². The Morgan fingerprint density at radius 2 is 2.14 bits per heavy atom. The molecular formula is C14H18N4O2S. The van der Waals surface area contributed by atoms with Crippen molar-refractivity contribution in [3.05, 3.63) is 34.2 Å². The quantitative estimate of drug-likeness (QED) is 0.878. The van der Waals surface area contributed by atoms with Crippen LogP contribution < -0.4 is 0 Å². The zero-order valence-corrected chi connectivity index (χ0v) is 12.7. The van der Waals surface area contributed by atoms with E-state index in [1.54, 1.807) is 0 Å². The van der Waals surface area contributed by atoms with Gasteiger partial charge in [0.25, 0.3) is 0 Å². The van der Waals surface area contributed by atoms with Crippen LogP contribution in [0.5, 0.6) is 0 Å². The van der Waals surface area contributed by atoms with Gasteiger partial charge < -0.3 is 9.15 Å². The van der Waals surface area contributed by atoms with Crippen LogP contribution in [-0.4, -0.2) is 46.0 Å². The lowest BCUT2D eigenvalue weighted by Crippen LogP contribution is -2.37. The van der Waals surface area contributed by atoms with Crippen LogP contribution in [0.25, 0.3) is 12.2 Å². The molecule has 0 saturated carbocycles. The Morgan fingerprint density at radius 1 is 1.33 bits per heavy atom. The smallest absolute Gasteiger partial charge is 0.217 e. The Labute approximate surface area is 128 Å². The Kier molecular flexibility index (Phi) is 4.33. The van der Waals surface area contributed by atoms with Crippen molar-refractivity contribution in [1.82, 2.24) is 19.7 Å². The Morgan fingerprint density at radius 3 is 2.86 bits per heavy atom. The van der Waals surface area contributed by atoms with Crippen LogP contribution in [0.1, 0.15) is 17.3 Å². The molecule has 0 aliphatic carbocycles. The molecule has 1 fully saturated rings. The molecule has 6 nitrogen and oxygen atoms in total. The van der Waals surface area contributed by atoms with Crippen LogP contribution >= 0.6 is 12.2 Å². The van der Waals surface area contributed by atoms with Crippen molar-refractivity contribution in [2.45, 2.75) is 13.6 Å². The van der Waals surface area contributed by atoms with Gasteiger partial charge in [0, 0.05) is 13.1 Å². The highest BCUT2D eigenvalue weighted by Gasteiger charge is 2.11. The number of hydrogen-bond acceptors (Lipinski definition) is 5. The van der Waals surface area contributed by atoms with Crippen molar-refractivity contribution in [2.75, 3.05) is 26.3 Å². The van der Waals surface area contributed by atoms with E-state index >= 15 is 0 Å². The maximum Gasteiger partial charge on any atom is 0.217 e. The van der Waals surface area contributed by atoms with E-state index in [4.69, 9.17) is 21.4 Å². The average Bonchev–Trinajstić information content (AvgIpc) is 3.04. The minimum atomic E-state index is 0.553. The van der Waals surface area contributed by atoms with Gasteiger partial charge in [-0.15, -0.1) is 0 Å². The number of aromatic nitrogens is 3. The third-order valence-electron chi connectivity index (χ3n) is 3.31. The van der Waals surface area contributed by atoms with Gasteiger partial charge in [-0.25, -0.2) is 4.68 Å². The molecule has 0 aromatic carbocycles. The second-order valence-electron chi connectivity index (χ2n) is 4.97. The van der Waals surface area contributed by atoms with Crippen LogP contribution in [0.3, 0.4) is 0 Å². The van der Waals surface area contributed by atoms with Gasteiger partial charge in [-0.3, -0.25) is 10.00 Å². The molecule has 3 heterocycles. The van der Waals surface area contributed by atoms with Gasteiger partial charge in [0.2, 0.25) is 4.77 Å². The fraction of sp³-hybridized carbons (Fsp3) is 0.429. The lowest BCUT2D eigenvalue weighted by Gasteiger charge is -2.26. The zero-order valence-electron chi connectivity index (χ0n) is 11.9. The highest BCUT2D eigenvalue weighted by atomic mass is 32.1. The lowest BCUT2D eigenvalue weighted by molar-refractivity contribution is 0.0210. The summed E-state index contributed by atoms with van der Waals surface area (Å²) in [6, 6.07) is 3.85. The molecule has 21 heavy (non-hydrogen) atoms. The minimum Gasteiger partial charge on any atom is -0.462 e. The monoisotopic (exact) mass is 306 g/mol. The van der Waals surface area contributed by atoms with Gasteiger partial charge in [0.1, 0.15) is 17.3 Å². The maximum absolute atomic E-state index is 5.48. The second kappa shape index (κ2) is 6.38. The fourth-order valence-corrected chi connectivity index (χ4v) is 2.39. The fourth-order valence-electron chi connectivity index (χ4n) is 2.19. The van der Waals surface area contributed by atoms with E-state index in [9.17, 15) is 0 Å². The number of hydrogen-bond donors (Lipinski definition) is 1. The second-order valence-corrected chi connectivity index (χ2v) is 5.34. The number of aryl methyl sites for hydroxylation is 1. The van der Waals surface area contributed by atoms with Gasteiger partial charge in [-0.2, -0.15) is 4.98 Å². The molecule has 7 heteroatoms. The van der Waals surface area contributed by atoms with Gasteiger partial charge in [0.15, 0.2) is 0 Å². The first-order valence-corrected chi connectivity index (χ1v) is 7.33. The van der Waals surface area contributed by atoms with E-state index in [1.807, 2.05) is 35.9 Å². The summed E-state index contributed by atoms with van der Waals surface area (Å²) in [7, 11) is 0. The summed E-state index contributed by atoms with van der Waals surface area (Å²) in [6.07, 6.45) is 3.74. The molecule has 2 aromatic rings. The van der Waals surface area contributed by atoms with Crippen LogP contribution in [0.15, 0.2) is 16.5 Å². The number of H-pyrrole nitrogens is 1. The maximum atomic E-state index is 5.48. The predicted molar refractivity (Wildman–Crippen MR) is 82.2 cm³/mol. The lowest BCUT2D eigenvalue weighted by atomic mass is 10.4. The molecule has 0 spiro atoms. The molecule has 0 atom stereocenters. The topological polar surface area (TPSA) is 59.2 Å². The van der Waals surface area contributed by atoms with E-state index in [1.165, 1.54) is 0 Å². The number of rotatable bonds is 4. The third kappa shape index (κ3) is 3.69. The molecule has 3 rings (SSSR count). The summed E-state index contributed by atoms with van der Waals surface area (Å²) in [4.78, 5) is 6.61. The molecule has 0 bridgehead atoms. The number of ether oxygens (including phenoxy) is 1. The first kappa shape index (κ1) is 14.2. The van der Waals surface area contributed by atoms with E-state index in [0.717, 1.165) is 43.6 Å². The Bertz CT molecular complexity index is 679. The summed E-state index contributed by atoms with van der Waals surface area (Å²) in [5.41, 5.74) is 0. The Hall–Kier alpha value is -1.70. The summed E-state index contributed by atoms with van der Waals surface area (Å²) in [6.45, 7) is 6.00. The third-order valence-corrected chi connectivity index (χ3v) is 3.62. The van der Waals surface area contributed by atoms with Crippen molar-refractivity contribution in [3.63, 3.8) is 0 Å². The molecule has 1 aliphatic rings. The molecule has 1 saturated heterocycles. The summed E-state index contributed by atoms with van der Waals surface area (Å²) in [5, 5.41) is 3.20. The van der Waals surface area contributed by atoms with Crippen LogP contribution in [-0.2, 0) is 11.4 Å². The van der Waals surface area contributed by atoms with Gasteiger partial charge in [-0.05, 0) is 43.4 Å². The van der Waals surface area contributed by atoms with Crippen molar-refractivity contribution in [1.29, 1.82) is 0 Å². The standard InChI is InChI=1S/C14H18N4O2S/c1-11-2-3-12(20-11)4-5-13-15-14(21)18(16-13)10-17-6-8-19-9-7-17/h2-5H,6-10H2,1H3,(H,15,16,21)/b5-4+. The molecule has 1 aliphatic heterocycles. The molecule has 0 unspecified atom stereocenters. The highest BCUT2D eigenvalue weighted by Crippen LogP contribution is 2.10. The van der Waals surface area contributed by atoms with Gasteiger partial charge in [-0.1, -0.05) is 0 Å². The molecule has 112 valence electrons. The summed E-state index contributed by atoms with van der Waals surface area (Å²) < 4.78 is 13.2. The van der Waals surface area contributed by atoms with E-state index in [-0.39, 0.29) is 0 Å². The predicted octanol–water partition coefficient (Wildman–Crippen LogP) is 2.30. The number of nitrogens with zero attached hydrogens (tertiary/aromatic N) is 3. The van der Waals surface area contributed by atoms with Crippen molar-refractivity contribution >= 4 is 24.4 Å². The number of nitrogens with one attached hydrogen (secondary N) is 1. The van der Waals surface area contributed by atoms with Crippen molar-refractivity contribution in [2.24, 2.45) is 0 Å². The van der Waals surface area contributed by atoms with E-state index in [2.05, 4.69) is 15.0 Å². The normalized spacial score (nSPS) is 16.8. The van der Waals surface area contributed by atoms with Crippen LogP contribution in [0, 0.1) is 11.7 Å². The number of morpholine rings is 1. The van der Waals surface area contributed by atoms with E-state index in [0.29, 0.717) is 11.4 Å². The van der Waals surface area contributed by atoms with Crippen molar-refractivity contribution in [3.8, 4) is 0 Å². The highest BCUT2D eigenvalue weighted by molar-refractivity contribution is 7.71. The first-order valence-electron chi connectivity index (χ1n) is 6.92. The van der Waals surface area contributed by atoms with Crippen molar-refractivity contribution < 1.29 is 9.15 Å².